The number of amides is 1. The van der Waals surface area contributed by atoms with Crippen LogP contribution in [0.1, 0.15) is 16.2 Å². The van der Waals surface area contributed by atoms with Crippen LogP contribution in [0.2, 0.25) is 0 Å². The van der Waals surface area contributed by atoms with Crippen LogP contribution in [0.3, 0.4) is 0 Å². The molecule has 8 heteroatoms. The summed E-state index contributed by atoms with van der Waals surface area (Å²) < 4.78 is 25.0. The number of carbonyl (C=O) groups is 1. The molecule has 0 aliphatic heterocycles. The molecule has 0 fully saturated rings. The van der Waals surface area contributed by atoms with E-state index in [9.17, 15) is 9.18 Å². The summed E-state index contributed by atoms with van der Waals surface area (Å²) in [5.74, 6) is 0.415. The van der Waals surface area contributed by atoms with Crippen molar-refractivity contribution < 1.29 is 18.4 Å². The minimum atomic E-state index is -0.472. The number of hydrogen-bond donors (Lipinski definition) is 1. The van der Waals surface area contributed by atoms with Gasteiger partial charge in [-0.25, -0.2) is 9.07 Å². The Bertz CT molecular complexity index is 1150. The van der Waals surface area contributed by atoms with E-state index in [4.69, 9.17) is 9.26 Å². The fourth-order valence-corrected chi connectivity index (χ4v) is 2.83. The molecule has 1 N–H and O–H groups in total. The summed E-state index contributed by atoms with van der Waals surface area (Å²) in [4.78, 5) is 12.6. The summed E-state index contributed by atoms with van der Waals surface area (Å²) in [6, 6.07) is 16.3. The molecule has 1 amide bonds. The third kappa shape index (κ3) is 3.86. The van der Waals surface area contributed by atoms with Crippen molar-refractivity contribution >= 4 is 11.7 Å². The smallest absolute Gasteiger partial charge is 0.295 e. The number of halogens is 1. The van der Waals surface area contributed by atoms with Gasteiger partial charge in [-0.2, -0.15) is 5.10 Å². The van der Waals surface area contributed by atoms with Gasteiger partial charge in [-0.1, -0.05) is 5.16 Å². The molecule has 7 nitrogen and oxygen atoms in total. The highest BCUT2D eigenvalue weighted by molar-refractivity contribution is 6.02. The molecule has 0 spiro atoms. The average molecular weight is 392 g/mol. The van der Waals surface area contributed by atoms with Crippen LogP contribution >= 0.6 is 0 Å². The number of aryl methyl sites for hydroxylation is 1. The minimum Gasteiger partial charge on any atom is -0.497 e. The normalized spacial score (nSPS) is 10.7. The van der Waals surface area contributed by atoms with Crippen molar-refractivity contribution in [2.24, 2.45) is 0 Å². The number of aromatic nitrogens is 3. The van der Waals surface area contributed by atoms with Gasteiger partial charge in [-0.3, -0.25) is 4.79 Å². The van der Waals surface area contributed by atoms with Crippen molar-refractivity contribution in [2.45, 2.75) is 6.92 Å². The van der Waals surface area contributed by atoms with E-state index in [0.29, 0.717) is 17.1 Å². The number of ether oxygens (including phenoxy) is 1. The second-order valence-electron chi connectivity index (χ2n) is 6.32. The zero-order chi connectivity index (χ0) is 20.4. The molecule has 4 aromatic rings. The molecular formula is C21H17FN4O3. The molecule has 146 valence electrons. The number of carbonyl (C=O) groups excluding carboxylic acids is 1. The molecule has 0 aliphatic rings. The zero-order valence-corrected chi connectivity index (χ0v) is 15.7. The molecule has 0 unspecified atom stereocenters. The monoisotopic (exact) mass is 392 g/mol. The van der Waals surface area contributed by atoms with Gasteiger partial charge >= 0.3 is 0 Å². The Morgan fingerprint density at radius 1 is 1.10 bits per heavy atom. The Hall–Kier alpha value is -3.94. The SMILES string of the molecule is COc1ccc(-n2nc(C)cc2NC(=O)c2cc(-c3ccc(F)cc3)no2)cc1. The van der Waals surface area contributed by atoms with E-state index in [2.05, 4.69) is 15.6 Å². The van der Waals surface area contributed by atoms with Gasteiger partial charge in [-0.15, -0.1) is 0 Å². The van der Waals surface area contributed by atoms with Gasteiger partial charge in [0.1, 0.15) is 23.1 Å². The lowest BCUT2D eigenvalue weighted by atomic mass is 10.1. The highest BCUT2D eigenvalue weighted by Gasteiger charge is 2.17. The maximum absolute atomic E-state index is 13.1. The predicted molar refractivity (Wildman–Crippen MR) is 105 cm³/mol. The van der Waals surface area contributed by atoms with E-state index in [-0.39, 0.29) is 11.6 Å². The molecule has 0 radical (unpaired) electrons. The van der Waals surface area contributed by atoms with Crippen LogP contribution in [-0.2, 0) is 0 Å². The van der Waals surface area contributed by atoms with E-state index < -0.39 is 5.91 Å². The molecule has 2 aromatic carbocycles. The Labute approximate surface area is 165 Å². The maximum atomic E-state index is 13.1. The summed E-state index contributed by atoms with van der Waals surface area (Å²) >= 11 is 0. The van der Waals surface area contributed by atoms with Crippen molar-refractivity contribution in [2.75, 3.05) is 12.4 Å². The van der Waals surface area contributed by atoms with Crippen LogP contribution in [0.4, 0.5) is 10.2 Å². The maximum Gasteiger partial charge on any atom is 0.295 e. The van der Waals surface area contributed by atoms with Gasteiger partial charge in [0, 0.05) is 17.7 Å². The third-order valence-corrected chi connectivity index (χ3v) is 4.26. The fraction of sp³-hybridized carbons (Fsp3) is 0.0952. The number of benzene rings is 2. The summed E-state index contributed by atoms with van der Waals surface area (Å²) in [7, 11) is 1.59. The summed E-state index contributed by atoms with van der Waals surface area (Å²) in [6.45, 7) is 1.83. The van der Waals surface area contributed by atoms with Crippen LogP contribution in [-0.4, -0.2) is 28.0 Å². The Morgan fingerprint density at radius 3 is 2.52 bits per heavy atom. The number of methoxy groups -OCH3 is 1. The van der Waals surface area contributed by atoms with Gasteiger partial charge in [-0.05, 0) is 55.5 Å². The lowest BCUT2D eigenvalue weighted by Crippen LogP contribution is -2.14. The van der Waals surface area contributed by atoms with Crippen molar-refractivity contribution in [3.63, 3.8) is 0 Å². The largest absolute Gasteiger partial charge is 0.497 e. The Morgan fingerprint density at radius 2 is 1.83 bits per heavy atom. The number of nitrogens with zero attached hydrogens (tertiary/aromatic N) is 3. The minimum absolute atomic E-state index is 0.0319. The molecule has 2 aromatic heterocycles. The van der Waals surface area contributed by atoms with Gasteiger partial charge in [0.05, 0.1) is 18.5 Å². The summed E-state index contributed by atoms with van der Waals surface area (Å²) in [5.41, 5.74) is 2.59. The van der Waals surface area contributed by atoms with Gasteiger partial charge in [0.15, 0.2) is 0 Å². The summed E-state index contributed by atoms with van der Waals surface area (Å²) in [6.07, 6.45) is 0. The molecule has 0 saturated heterocycles. The van der Waals surface area contributed by atoms with Crippen LogP contribution < -0.4 is 10.1 Å². The highest BCUT2D eigenvalue weighted by Crippen LogP contribution is 2.22. The van der Waals surface area contributed by atoms with Crippen molar-refractivity contribution in [3.8, 4) is 22.7 Å². The van der Waals surface area contributed by atoms with Crippen LogP contribution in [0.25, 0.3) is 16.9 Å². The standard InChI is InChI=1S/C21H17FN4O3/c1-13-11-20(26(24-13)16-7-9-17(28-2)10-8-16)23-21(27)19-12-18(25-29-19)14-3-5-15(22)6-4-14/h3-12H,1-2H3,(H,23,27). The first-order valence-electron chi connectivity index (χ1n) is 8.78. The summed E-state index contributed by atoms with van der Waals surface area (Å²) in [5, 5.41) is 11.1. The first-order valence-corrected chi connectivity index (χ1v) is 8.78. The van der Waals surface area contributed by atoms with Gasteiger partial charge < -0.3 is 14.6 Å². The lowest BCUT2D eigenvalue weighted by Gasteiger charge is -2.08. The first kappa shape index (κ1) is 18.4. The number of rotatable bonds is 5. The molecule has 0 bridgehead atoms. The van der Waals surface area contributed by atoms with E-state index in [1.54, 1.807) is 30.0 Å². The quantitative estimate of drug-likeness (QED) is 0.549. The van der Waals surface area contributed by atoms with Gasteiger partial charge in [0.2, 0.25) is 5.76 Å². The Kier molecular flexibility index (Phi) is 4.82. The first-order chi connectivity index (χ1) is 14.0. The van der Waals surface area contributed by atoms with E-state index in [0.717, 1.165) is 17.1 Å². The molecule has 4 rings (SSSR count). The number of nitrogens with one attached hydrogen (secondary N) is 1. The highest BCUT2D eigenvalue weighted by atomic mass is 19.1. The van der Waals surface area contributed by atoms with Crippen molar-refractivity contribution in [1.29, 1.82) is 0 Å². The van der Waals surface area contributed by atoms with Crippen molar-refractivity contribution in [3.05, 3.63) is 77.9 Å². The zero-order valence-electron chi connectivity index (χ0n) is 15.7. The molecule has 2 heterocycles. The second kappa shape index (κ2) is 7.59. The van der Waals surface area contributed by atoms with Crippen molar-refractivity contribution in [1.82, 2.24) is 14.9 Å². The van der Waals surface area contributed by atoms with E-state index >= 15 is 0 Å². The van der Waals surface area contributed by atoms with Crippen LogP contribution in [0.5, 0.6) is 5.75 Å². The average Bonchev–Trinajstić information content (AvgIpc) is 3.36. The predicted octanol–water partition coefficient (Wildman–Crippen LogP) is 4.24. The van der Waals surface area contributed by atoms with E-state index in [1.807, 2.05) is 31.2 Å². The topological polar surface area (TPSA) is 82.2 Å². The van der Waals surface area contributed by atoms with Crippen LogP contribution in [0, 0.1) is 12.7 Å². The lowest BCUT2D eigenvalue weighted by molar-refractivity contribution is 0.0987. The fourth-order valence-electron chi connectivity index (χ4n) is 2.83. The number of anilines is 1. The molecular weight excluding hydrogens is 375 g/mol. The molecule has 29 heavy (non-hydrogen) atoms. The molecule has 0 atom stereocenters. The van der Waals surface area contributed by atoms with Gasteiger partial charge in [0.25, 0.3) is 5.91 Å². The molecule has 0 aliphatic carbocycles. The number of hydrogen-bond acceptors (Lipinski definition) is 5. The van der Waals surface area contributed by atoms with Crippen LogP contribution in [0.15, 0.2) is 65.2 Å². The Balaban J connectivity index is 1.57. The van der Waals surface area contributed by atoms with E-state index in [1.165, 1.54) is 18.2 Å². The second-order valence-corrected chi connectivity index (χ2v) is 6.32. The third-order valence-electron chi connectivity index (χ3n) is 4.26. The molecule has 0 saturated carbocycles.